The number of nitrogens with one attached hydrogen (secondary N) is 1. The average molecular weight is 380 g/mol. The maximum atomic E-state index is 12.6. The van der Waals surface area contributed by atoms with Gasteiger partial charge in [-0.2, -0.15) is 0 Å². The topological polar surface area (TPSA) is 76.9 Å². The number of rotatable bonds is 6. The molecule has 0 radical (unpaired) electrons. The van der Waals surface area contributed by atoms with Gasteiger partial charge < -0.3 is 9.88 Å². The third-order valence-corrected chi connectivity index (χ3v) is 5.22. The van der Waals surface area contributed by atoms with Crippen LogP contribution in [0.15, 0.2) is 59.8 Å². The van der Waals surface area contributed by atoms with E-state index in [2.05, 4.69) is 15.5 Å². The van der Waals surface area contributed by atoms with E-state index in [1.807, 2.05) is 41.9 Å². The average Bonchev–Trinajstić information content (AvgIpc) is 3.03. The van der Waals surface area contributed by atoms with Gasteiger partial charge in [0.05, 0.1) is 10.9 Å². The van der Waals surface area contributed by atoms with Gasteiger partial charge in [-0.3, -0.25) is 9.59 Å². The van der Waals surface area contributed by atoms with Crippen LogP contribution in [0.5, 0.6) is 0 Å². The number of carbonyl (C=O) groups is 2. The van der Waals surface area contributed by atoms with Gasteiger partial charge in [-0.05, 0) is 26.0 Å². The molecule has 1 heterocycles. The number of carbonyl (C=O) groups excluding carboxylic acids is 2. The standard InChI is InChI=1S/C20H20N4O2S/c1-13(25)16-11-7-8-12-17(16)21-19(26)14(2)27-20-23-22-18(24(20)3)15-9-5-4-6-10-15/h4-12,14H,1-3H3,(H,21,26)/t14-/m1/s1. The Hall–Kier alpha value is -2.93. The monoisotopic (exact) mass is 380 g/mol. The first-order chi connectivity index (χ1) is 13.0. The van der Waals surface area contributed by atoms with Crippen molar-refractivity contribution in [2.24, 2.45) is 7.05 Å². The van der Waals surface area contributed by atoms with Crippen molar-refractivity contribution in [3.05, 3.63) is 60.2 Å². The van der Waals surface area contributed by atoms with Gasteiger partial charge >= 0.3 is 0 Å². The van der Waals surface area contributed by atoms with Gasteiger partial charge in [-0.15, -0.1) is 10.2 Å². The van der Waals surface area contributed by atoms with E-state index in [0.29, 0.717) is 16.4 Å². The van der Waals surface area contributed by atoms with E-state index in [9.17, 15) is 9.59 Å². The molecule has 0 aliphatic rings. The number of hydrogen-bond acceptors (Lipinski definition) is 5. The number of thioether (sulfide) groups is 1. The highest BCUT2D eigenvalue weighted by Gasteiger charge is 2.20. The van der Waals surface area contributed by atoms with Crippen LogP contribution in [0.25, 0.3) is 11.4 Å². The summed E-state index contributed by atoms with van der Waals surface area (Å²) in [7, 11) is 1.88. The summed E-state index contributed by atoms with van der Waals surface area (Å²) < 4.78 is 1.87. The number of nitrogens with zero attached hydrogens (tertiary/aromatic N) is 3. The molecule has 2 aromatic carbocycles. The molecule has 1 N–H and O–H groups in total. The Balaban J connectivity index is 1.73. The molecule has 0 saturated carbocycles. The summed E-state index contributed by atoms with van der Waals surface area (Å²) in [5.74, 6) is 0.456. The first-order valence-electron chi connectivity index (χ1n) is 8.49. The number of aromatic nitrogens is 3. The van der Waals surface area contributed by atoms with Crippen LogP contribution in [-0.2, 0) is 11.8 Å². The minimum Gasteiger partial charge on any atom is -0.324 e. The zero-order valence-corrected chi connectivity index (χ0v) is 16.2. The molecule has 27 heavy (non-hydrogen) atoms. The molecule has 0 unspecified atom stereocenters. The van der Waals surface area contributed by atoms with Crippen molar-refractivity contribution in [3.63, 3.8) is 0 Å². The van der Waals surface area contributed by atoms with Crippen molar-refractivity contribution in [1.29, 1.82) is 0 Å². The van der Waals surface area contributed by atoms with Crippen molar-refractivity contribution in [2.75, 3.05) is 5.32 Å². The van der Waals surface area contributed by atoms with Crippen LogP contribution in [0, 0.1) is 0 Å². The van der Waals surface area contributed by atoms with Gasteiger partial charge in [-0.1, -0.05) is 54.2 Å². The van der Waals surface area contributed by atoms with Crippen LogP contribution >= 0.6 is 11.8 Å². The van der Waals surface area contributed by atoms with E-state index in [0.717, 1.165) is 11.4 Å². The van der Waals surface area contributed by atoms with Crippen LogP contribution in [0.2, 0.25) is 0 Å². The molecular formula is C20H20N4O2S. The molecule has 7 heteroatoms. The lowest BCUT2D eigenvalue weighted by molar-refractivity contribution is -0.115. The minimum absolute atomic E-state index is 0.0907. The molecule has 3 aromatic rings. The zero-order valence-electron chi connectivity index (χ0n) is 15.3. The molecule has 0 aliphatic heterocycles. The number of hydrogen-bond donors (Lipinski definition) is 1. The van der Waals surface area contributed by atoms with Crippen LogP contribution in [0.1, 0.15) is 24.2 Å². The van der Waals surface area contributed by atoms with E-state index in [4.69, 9.17) is 0 Å². The SMILES string of the molecule is CC(=O)c1ccccc1NC(=O)[C@@H](C)Sc1nnc(-c2ccccc2)n1C. The molecule has 0 spiro atoms. The summed E-state index contributed by atoms with van der Waals surface area (Å²) in [6.45, 7) is 3.28. The number of amides is 1. The van der Waals surface area contributed by atoms with E-state index >= 15 is 0 Å². The molecule has 1 atom stereocenters. The second kappa shape index (κ2) is 8.18. The van der Waals surface area contributed by atoms with Gasteiger partial charge in [0.1, 0.15) is 0 Å². The van der Waals surface area contributed by atoms with Gasteiger partial charge in [0, 0.05) is 18.2 Å². The van der Waals surface area contributed by atoms with E-state index < -0.39 is 5.25 Å². The second-order valence-corrected chi connectivity index (χ2v) is 7.39. The summed E-state index contributed by atoms with van der Waals surface area (Å²) in [4.78, 5) is 24.3. The molecule has 3 rings (SSSR count). The van der Waals surface area contributed by atoms with Crippen LogP contribution < -0.4 is 5.32 Å². The van der Waals surface area contributed by atoms with Crippen molar-refractivity contribution in [1.82, 2.24) is 14.8 Å². The maximum absolute atomic E-state index is 12.6. The molecule has 6 nitrogen and oxygen atoms in total. The molecule has 1 amide bonds. The third-order valence-electron chi connectivity index (χ3n) is 4.08. The fourth-order valence-electron chi connectivity index (χ4n) is 2.60. The van der Waals surface area contributed by atoms with Gasteiger partial charge in [0.15, 0.2) is 16.8 Å². The number of para-hydroxylation sites is 1. The van der Waals surface area contributed by atoms with Crippen molar-refractivity contribution in [3.8, 4) is 11.4 Å². The minimum atomic E-state index is -0.406. The summed E-state index contributed by atoms with van der Waals surface area (Å²) >= 11 is 1.32. The number of anilines is 1. The normalized spacial score (nSPS) is 11.8. The highest BCUT2D eigenvalue weighted by molar-refractivity contribution is 8.00. The Kier molecular flexibility index (Phi) is 5.71. The first-order valence-corrected chi connectivity index (χ1v) is 9.37. The Bertz CT molecular complexity index is 969. The molecule has 0 aliphatic carbocycles. The molecule has 0 saturated heterocycles. The molecular weight excluding hydrogens is 360 g/mol. The molecule has 0 bridgehead atoms. The van der Waals surface area contributed by atoms with Crippen LogP contribution in [0.4, 0.5) is 5.69 Å². The molecule has 138 valence electrons. The lowest BCUT2D eigenvalue weighted by Crippen LogP contribution is -2.23. The van der Waals surface area contributed by atoms with Gasteiger partial charge in [0.25, 0.3) is 0 Å². The summed E-state index contributed by atoms with van der Waals surface area (Å²) in [6.07, 6.45) is 0. The first kappa shape index (κ1) is 18.8. The van der Waals surface area contributed by atoms with Gasteiger partial charge in [0.2, 0.25) is 5.91 Å². The van der Waals surface area contributed by atoms with E-state index in [1.54, 1.807) is 31.2 Å². The van der Waals surface area contributed by atoms with Gasteiger partial charge in [-0.25, -0.2) is 0 Å². The number of ketones is 1. The summed E-state index contributed by atoms with van der Waals surface area (Å²) in [5.41, 5.74) is 1.98. The molecule has 0 fully saturated rings. The van der Waals surface area contributed by atoms with E-state index in [1.165, 1.54) is 18.7 Å². The van der Waals surface area contributed by atoms with Crippen LogP contribution in [0.3, 0.4) is 0 Å². The van der Waals surface area contributed by atoms with Crippen molar-refractivity contribution < 1.29 is 9.59 Å². The summed E-state index contributed by atoms with van der Waals surface area (Å²) in [5, 5.41) is 11.5. The maximum Gasteiger partial charge on any atom is 0.237 e. The fraction of sp³-hybridized carbons (Fsp3) is 0.200. The second-order valence-electron chi connectivity index (χ2n) is 6.08. The smallest absolute Gasteiger partial charge is 0.237 e. The quantitative estimate of drug-likeness (QED) is 0.520. The number of Topliss-reactive ketones (excluding diaryl/α,β-unsaturated/α-hetero) is 1. The zero-order chi connectivity index (χ0) is 19.4. The Morgan fingerprint density at radius 3 is 2.41 bits per heavy atom. The summed E-state index contributed by atoms with van der Waals surface area (Å²) in [6, 6.07) is 16.7. The van der Waals surface area contributed by atoms with Crippen molar-refractivity contribution >= 4 is 29.1 Å². The predicted molar refractivity (Wildman–Crippen MR) is 107 cm³/mol. The van der Waals surface area contributed by atoms with E-state index in [-0.39, 0.29) is 11.7 Å². The van der Waals surface area contributed by atoms with Crippen LogP contribution in [-0.4, -0.2) is 31.7 Å². The highest BCUT2D eigenvalue weighted by Crippen LogP contribution is 2.26. The third kappa shape index (κ3) is 4.25. The number of benzene rings is 2. The van der Waals surface area contributed by atoms with Crippen molar-refractivity contribution in [2.45, 2.75) is 24.3 Å². The Morgan fingerprint density at radius 1 is 1.04 bits per heavy atom. The Morgan fingerprint density at radius 2 is 1.70 bits per heavy atom. The predicted octanol–water partition coefficient (Wildman–Crippen LogP) is 3.80. The molecule has 1 aromatic heterocycles. The Labute approximate surface area is 162 Å². The largest absolute Gasteiger partial charge is 0.324 e. The fourth-order valence-corrected chi connectivity index (χ4v) is 3.42. The lowest BCUT2D eigenvalue weighted by atomic mass is 10.1. The lowest BCUT2D eigenvalue weighted by Gasteiger charge is -2.13. The highest BCUT2D eigenvalue weighted by atomic mass is 32.2.